The van der Waals surface area contributed by atoms with E-state index < -0.39 is 145 Å². The number of carbonyl (C=O) groups excluding carboxylic acids is 3. The number of hydrogen-bond acceptors (Lipinski definition) is 19. The van der Waals surface area contributed by atoms with Gasteiger partial charge in [-0.25, -0.2) is 4.79 Å². The van der Waals surface area contributed by atoms with Gasteiger partial charge in [0.1, 0.15) is 23.5 Å². The fraction of sp³-hybridized carbons (Fsp3) is 0.806. The molecule has 6 saturated heterocycles. The molecule has 0 radical (unpaired) electrons. The summed E-state index contributed by atoms with van der Waals surface area (Å²) < 4.78 is 72.3. The second-order valence-electron chi connectivity index (χ2n) is 28.2. The molecule has 1 saturated carbocycles. The fourth-order valence-corrected chi connectivity index (χ4v) is 17.0. The van der Waals surface area contributed by atoms with Crippen LogP contribution in [0, 0.1) is 52.8 Å². The summed E-state index contributed by atoms with van der Waals surface area (Å²) in [6.45, 7) is 26.7. The van der Waals surface area contributed by atoms with E-state index in [-0.39, 0.29) is 90.6 Å². The fourth-order valence-electron chi connectivity index (χ4n) is 17.0. The molecule has 6 heterocycles. The van der Waals surface area contributed by atoms with E-state index in [9.17, 15) is 35.1 Å². The molecule has 10 rings (SSSR count). The molecule has 0 aromatic rings. The first-order valence-corrected chi connectivity index (χ1v) is 32.6. The summed E-state index contributed by atoms with van der Waals surface area (Å²) in [7, 11) is 0. The summed E-state index contributed by atoms with van der Waals surface area (Å²) in [5.41, 5.74) is -2.83. The van der Waals surface area contributed by atoms with Crippen molar-refractivity contribution in [1.29, 1.82) is 0 Å². The average Bonchev–Trinajstić information content (AvgIpc) is 1.71. The van der Waals surface area contributed by atoms with E-state index in [2.05, 4.69) is 50.4 Å². The predicted octanol–water partition coefficient (Wildman–Crippen LogP) is 7.63. The van der Waals surface area contributed by atoms with E-state index in [1.165, 1.54) is 6.92 Å². The smallest absolute Gasteiger partial charge is 0.346 e. The van der Waals surface area contributed by atoms with Gasteiger partial charge in [-0.15, -0.1) is 0 Å². The molecule has 7 fully saturated rings. The molecule has 6 aliphatic heterocycles. The van der Waals surface area contributed by atoms with Crippen molar-refractivity contribution in [2.75, 3.05) is 0 Å². The van der Waals surface area contributed by atoms with Gasteiger partial charge >= 0.3 is 5.97 Å². The van der Waals surface area contributed by atoms with Crippen molar-refractivity contribution in [2.24, 2.45) is 52.8 Å². The number of allylic oxidation sites excluding steroid dienone is 4. The Labute approximate surface area is 514 Å². The Bertz CT molecular complexity index is 2640. The van der Waals surface area contributed by atoms with Gasteiger partial charge in [-0.2, -0.15) is 0 Å². The van der Waals surface area contributed by atoms with Crippen molar-refractivity contribution >= 4 is 17.7 Å². The van der Waals surface area contributed by atoms with Gasteiger partial charge in [0.25, 0.3) is 0 Å². The molecule has 1 amide bonds. The molecular formula is C67H101NO19. The lowest BCUT2D eigenvalue weighted by Gasteiger charge is -2.56. The molecule has 0 aromatic carbocycles. The maximum Gasteiger partial charge on any atom is 0.346 e. The molecule has 1 spiro atoms. The van der Waals surface area contributed by atoms with Crippen molar-refractivity contribution in [1.82, 2.24) is 5.32 Å². The summed E-state index contributed by atoms with van der Waals surface area (Å²) >= 11 is 0. The van der Waals surface area contributed by atoms with Crippen LogP contribution in [0.3, 0.4) is 0 Å². The van der Waals surface area contributed by atoms with Gasteiger partial charge in [0, 0.05) is 74.5 Å². The van der Waals surface area contributed by atoms with E-state index in [0.29, 0.717) is 32.1 Å². The number of aliphatic hydroxyl groups excluding tert-OH is 4. The summed E-state index contributed by atoms with van der Waals surface area (Å²) in [5.74, 6) is -4.07. The third kappa shape index (κ3) is 13.2. The van der Waals surface area contributed by atoms with Crippen LogP contribution in [0.4, 0.5) is 0 Å². The highest BCUT2D eigenvalue weighted by atomic mass is 16.8. The van der Waals surface area contributed by atoms with E-state index in [1.54, 1.807) is 20.8 Å². The van der Waals surface area contributed by atoms with Gasteiger partial charge < -0.3 is 83.0 Å². The number of aliphatic hydroxyl groups is 5. The molecule has 30 atom stereocenters. The quantitative estimate of drug-likeness (QED) is 0.0623. The van der Waals surface area contributed by atoms with Crippen molar-refractivity contribution in [3.8, 4) is 0 Å². The minimum absolute atomic E-state index is 0.0144. The zero-order chi connectivity index (χ0) is 62.9. The van der Waals surface area contributed by atoms with Crippen LogP contribution < -0.4 is 5.32 Å². The number of esters is 1. The minimum Gasteiger partial charge on any atom is -0.511 e. The van der Waals surface area contributed by atoms with Gasteiger partial charge in [0.05, 0.1) is 78.8 Å². The number of ketones is 1. The third-order valence-electron chi connectivity index (χ3n) is 21.5. The molecule has 20 nitrogen and oxygen atoms in total. The van der Waals surface area contributed by atoms with Crippen LogP contribution in [0.5, 0.6) is 0 Å². The Kier molecular flexibility index (Phi) is 20.1. The third-order valence-corrected chi connectivity index (χ3v) is 21.5. The maximum absolute atomic E-state index is 15.6. The average molecular weight is 1220 g/mol. The number of Topliss-reactive ketones (excluding diaryl/α,β-unsaturated/α-hetero) is 1. The molecule has 20 heteroatoms. The topological polar surface area (TPSA) is 266 Å². The second kappa shape index (κ2) is 26.3. The number of rotatable bonds is 12. The first-order valence-electron chi connectivity index (χ1n) is 32.6. The van der Waals surface area contributed by atoms with E-state index in [1.807, 2.05) is 60.6 Å². The van der Waals surface area contributed by atoms with Crippen LogP contribution in [0.1, 0.15) is 161 Å². The van der Waals surface area contributed by atoms with Gasteiger partial charge in [-0.05, 0) is 110 Å². The maximum atomic E-state index is 15.6. The summed E-state index contributed by atoms with van der Waals surface area (Å²) in [4.78, 5) is 42.6. The molecule has 488 valence electrons. The van der Waals surface area contributed by atoms with Crippen LogP contribution in [0.15, 0.2) is 58.9 Å². The molecule has 6 N–H and O–H groups in total. The van der Waals surface area contributed by atoms with Gasteiger partial charge in [0.2, 0.25) is 11.7 Å². The summed E-state index contributed by atoms with van der Waals surface area (Å²) in [6.07, 6.45) is 5.05. The van der Waals surface area contributed by atoms with Crippen LogP contribution in [0.2, 0.25) is 0 Å². The lowest BCUT2D eigenvalue weighted by Crippen LogP contribution is -2.62. The van der Waals surface area contributed by atoms with Crippen LogP contribution in [-0.2, 0) is 66.5 Å². The van der Waals surface area contributed by atoms with Gasteiger partial charge in [-0.3, -0.25) is 9.59 Å². The number of hydrogen-bond donors (Lipinski definition) is 6. The van der Waals surface area contributed by atoms with Gasteiger partial charge in [0.15, 0.2) is 37.1 Å². The highest BCUT2D eigenvalue weighted by molar-refractivity contribution is 6.26. The number of ether oxygens (including phenoxy) is 11. The second-order valence-corrected chi connectivity index (χ2v) is 28.2. The zero-order valence-corrected chi connectivity index (χ0v) is 53.6. The summed E-state index contributed by atoms with van der Waals surface area (Å²) in [5, 5.41) is 59.4. The Morgan fingerprint density at radius 3 is 1.98 bits per heavy atom. The highest BCUT2D eigenvalue weighted by Crippen LogP contribution is 2.61. The largest absolute Gasteiger partial charge is 0.511 e. The molecule has 87 heavy (non-hydrogen) atoms. The molecule has 30 unspecified atom stereocenters. The van der Waals surface area contributed by atoms with E-state index in [4.69, 9.17) is 52.1 Å². The van der Waals surface area contributed by atoms with Crippen LogP contribution in [-0.4, -0.2) is 171 Å². The normalized spacial score (nSPS) is 49.6. The van der Waals surface area contributed by atoms with Crippen LogP contribution >= 0.6 is 0 Å². The Morgan fingerprint density at radius 1 is 0.655 bits per heavy atom. The number of fused-ring (bicyclic) bond motifs is 4. The summed E-state index contributed by atoms with van der Waals surface area (Å²) in [6, 6.07) is -0.672. The molecule has 4 aliphatic carbocycles. The predicted molar refractivity (Wildman–Crippen MR) is 316 cm³/mol. The van der Waals surface area contributed by atoms with Gasteiger partial charge in [-0.1, -0.05) is 76.6 Å². The number of nitrogens with one attached hydrogen (secondary N) is 1. The number of carbonyl (C=O) groups is 3. The van der Waals surface area contributed by atoms with Crippen molar-refractivity contribution in [3.05, 3.63) is 58.9 Å². The molecule has 2 bridgehead atoms. The van der Waals surface area contributed by atoms with Crippen LogP contribution in [0.25, 0.3) is 0 Å². The standard InChI is InChI=1S/C67H101NO19/c1-15-42-16-17-43-26-35(6)58(86-54-30-65(13,76)61(40(11)81-54)68-41(12)69)33(4)24-31(2)45-19-18-44-56(66(45,14)62(73)55-63(74)67(43,29-42)87-64(55)75)32(3)25-34(5)59(44)84-51-23-21-48(37(8)78-51)82-53-28-49(83-50-22-20-46(70)36(7)77-50)60(39(10)80-53)85-52-27-47(71)57(72)38(9)79-52/h16-19,24,26,32-34,36-40,42-54,56-61,70-73,76H,15,20-23,25,27-30H2,1-14H3,(H,68,69). The van der Waals surface area contributed by atoms with Crippen molar-refractivity contribution in [3.63, 3.8) is 0 Å². The Morgan fingerprint density at radius 2 is 1.30 bits per heavy atom. The van der Waals surface area contributed by atoms with E-state index >= 15 is 4.79 Å². The first kappa shape index (κ1) is 66.5. The highest BCUT2D eigenvalue weighted by Gasteiger charge is 2.64. The minimum atomic E-state index is -1.63. The monoisotopic (exact) mass is 1220 g/mol. The Balaban J connectivity index is 0.903. The zero-order valence-electron chi connectivity index (χ0n) is 53.6. The SMILES string of the molecule is CCC1C=CC2C=C(C)C(OC3CC(C)(O)C(NC(C)=O)C(C)O3)C(C)C=C(C)C3C=CC4C(OC5CCC(OC6CC(OC7CCC(O)C(C)O7)C(OC7CC(O)C(O)C(C)O7)C(C)O6)C(C)O5)C(C)CC(C)C4C3(C)C(O)=C3C(=O)OC2(C1)C3=O. The molecule has 10 aliphatic rings. The number of amides is 1. The lowest BCUT2D eigenvalue weighted by molar-refractivity contribution is -0.346. The Hall–Kier alpha value is -3.45. The molecular weight excluding hydrogens is 1120 g/mol. The van der Waals surface area contributed by atoms with Crippen molar-refractivity contribution in [2.45, 2.75) is 289 Å². The lowest BCUT2D eigenvalue weighted by atomic mass is 9.49. The first-order chi connectivity index (χ1) is 41.0. The molecule has 0 aromatic heterocycles. The van der Waals surface area contributed by atoms with E-state index in [0.717, 1.165) is 17.6 Å². The van der Waals surface area contributed by atoms with Crippen molar-refractivity contribution < 1.29 is 92.0 Å².